The summed E-state index contributed by atoms with van der Waals surface area (Å²) in [6.07, 6.45) is 6.87. The van der Waals surface area contributed by atoms with E-state index < -0.39 is 0 Å². The molecule has 18 heavy (non-hydrogen) atoms. The van der Waals surface area contributed by atoms with Crippen molar-refractivity contribution in [3.63, 3.8) is 0 Å². The normalized spacial score (nSPS) is 24.6. The Morgan fingerprint density at radius 2 is 1.78 bits per heavy atom. The molecule has 2 fully saturated rings. The molecule has 0 aromatic carbocycles. The van der Waals surface area contributed by atoms with Crippen molar-refractivity contribution in [1.82, 2.24) is 10.2 Å². The van der Waals surface area contributed by atoms with Gasteiger partial charge in [0.05, 0.1) is 6.54 Å². The maximum Gasteiger partial charge on any atom is 0.236 e. The van der Waals surface area contributed by atoms with Gasteiger partial charge in [0.15, 0.2) is 0 Å². The molecule has 0 radical (unpaired) electrons. The highest BCUT2D eigenvalue weighted by Crippen LogP contribution is 2.19. The third-order valence-electron chi connectivity index (χ3n) is 4.22. The molecule has 4 heteroatoms. The summed E-state index contributed by atoms with van der Waals surface area (Å²) in [5, 5.41) is 3.44. The summed E-state index contributed by atoms with van der Waals surface area (Å²) in [4.78, 5) is 14.2. The quantitative estimate of drug-likeness (QED) is 0.831. The van der Waals surface area contributed by atoms with Crippen LogP contribution in [0.15, 0.2) is 0 Å². The van der Waals surface area contributed by atoms with Crippen LogP contribution in [0.5, 0.6) is 0 Å². The van der Waals surface area contributed by atoms with Crippen molar-refractivity contribution in [2.45, 2.75) is 51.0 Å². The van der Waals surface area contributed by atoms with Crippen LogP contribution >= 0.6 is 0 Å². The summed E-state index contributed by atoms with van der Waals surface area (Å²) in [7, 11) is 0. The zero-order chi connectivity index (χ0) is 12.8. The summed E-state index contributed by atoms with van der Waals surface area (Å²) in [6, 6.07) is 0. The fourth-order valence-electron chi connectivity index (χ4n) is 2.72. The van der Waals surface area contributed by atoms with Gasteiger partial charge in [-0.25, -0.2) is 0 Å². The number of hydrogen-bond donors (Lipinski definition) is 1. The first kappa shape index (κ1) is 13.8. The third-order valence-corrected chi connectivity index (χ3v) is 4.22. The molecular formula is C14H26N2O2. The molecule has 2 heterocycles. The first-order chi connectivity index (χ1) is 8.70. The molecule has 2 aliphatic rings. The molecule has 2 rings (SSSR count). The van der Waals surface area contributed by atoms with Crippen LogP contribution in [0.1, 0.15) is 45.4 Å². The van der Waals surface area contributed by atoms with Crippen molar-refractivity contribution in [2.24, 2.45) is 0 Å². The molecular weight excluding hydrogens is 228 g/mol. The zero-order valence-corrected chi connectivity index (χ0v) is 11.5. The molecule has 104 valence electrons. The maximum atomic E-state index is 12.2. The number of nitrogens with one attached hydrogen (secondary N) is 1. The second-order valence-electron chi connectivity index (χ2n) is 5.82. The van der Waals surface area contributed by atoms with Crippen molar-refractivity contribution in [3.05, 3.63) is 0 Å². The van der Waals surface area contributed by atoms with Crippen LogP contribution in [0.2, 0.25) is 0 Å². The van der Waals surface area contributed by atoms with Gasteiger partial charge in [0.1, 0.15) is 0 Å². The Morgan fingerprint density at radius 1 is 1.17 bits per heavy atom. The Labute approximate surface area is 110 Å². The fraction of sp³-hybridized carbons (Fsp3) is 0.929. The van der Waals surface area contributed by atoms with E-state index in [1.165, 1.54) is 12.8 Å². The van der Waals surface area contributed by atoms with Gasteiger partial charge in [0.2, 0.25) is 5.91 Å². The summed E-state index contributed by atoms with van der Waals surface area (Å²) < 4.78 is 5.37. The van der Waals surface area contributed by atoms with Crippen molar-refractivity contribution in [2.75, 3.05) is 32.8 Å². The lowest BCUT2D eigenvalue weighted by atomic mass is 9.92. The van der Waals surface area contributed by atoms with Crippen LogP contribution in [0.25, 0.3) is 0 Å². The van der Waals surface area contributed by atoms with E-state index in [0.717, 1.165) is 52.0 Å². The van der Waals surface area contributed by atoms with Gasteiger partial charge >= 0.3 is 0 Å². The Bertz CT molecular complexity index is 267. The predicted molar refractivity (Wildman–Crippen MR) is 71.5 cm³/mol. The van der Waals surface area contributed by atoms with Crippen molar-refractivity contribution in [3.8, 4) is 0 Å². The van der Waals surface area contributed by atoms with Crippen LogP contribution in [0, 0.1) is 0 Å². The van der Waals surface area contributed by atoms with E-state index in [2.05, 4.69) is 12.2 Å². The third kappa shape index (κ3) is 3.95. The van der Waals surface area contributed by atoms with Crippen molar-refractivity contribution >= 4 is 5.91 Å². The van der Waals surface area contributed by atoms with E-state index >= 15 is 0 Å². The lowest BCUT2D eigenvalue weighted by molar-refractivity contribution is -0.130. The number of rotatable bonds is 3. The second-order valence-corrected chi connectivity index (χ2v) is 5.82. The van der Waals surface area contributed by atoms with Crippen LogP contribution < -0.4 is 5.32 Å². The highest BCUT2D eigenvalue weighted by Gasteiger charge is 2.28. The van der Waals surface area contributed by atoms with E-state index in [9.17, 15) is 4.79 Å². The number of nitrogens with zero attached hydrogens (tertiary/aromatic N) is 1. The SMILES string of the molecule is CC1(NCC(=O)N2CCCCCC2)CCOCC1. The molecule has 0 aromatic rings. The highest BCUT2D eigenvalue weighted by atomic mass is 16.5. The molecule has 0 saturated carbocycles. The van der Waals surface area contributed by atoms with Crippen LogP contribution in [-0.2, 0) is 9.53 Å². The number of hydrogen-bond acceptors (Lipinski definition) is 3. The lowest BCUT2D eigenvalue weighted by Gasteiger charge is -2.35. The smallest absolute Gasteiger partial charge is 0.236 e. The molecule has 0 bridgehead atoms. The fourth-order valence-corrected chi connectivity index (χ4v) is 2.72. The molecule has 4 nitrogen and oxygen atoms in total. The molecule has 2 saturated heterocycles. The first-order valence-corrected chi connectivity index (χ1v) is 7.30. The molecule has 1 N–H and O–H groups in total. The van der Waals surface area contributed by atoms with Gasteiger partial charge in [-0.3, -0.25) is 4.79 Å². The average molecular weight is 254 g/mol. The minimum absolute atomic E-state index is 0.0831. The van der Waals surface area contributed by atoms with E-state index in [0.29, 0.717) is 6.54 Å². The number of likely N-dealkylation sites (tertiary alicyclic amines) is 1. The topological polar surface area (TPSA) is 41.6 Å². The van der Waals surface area contributed by atoms with Crippen molar-refractivity contribution in [1.29, 1.82) is 0 Å². The number of carbonyl (C=O) groups excluding carboxylic acids is 1. The van der Waals surface area contributed by atoms with Gasteiger partial charge in [-0.1, -0.05) is 12.8 Å². The van der Waals surface area contributed by atoms with Crippen LogP contribution in [0.4, 0.5) is 0 Å². The molecule has 0 atom stereocenters. The first-order valence-electron chi connectivity index (χ1n) is 7.30. The number of ether oxygens (including phenoxy) is 1. The number of carbonyl (C=O) groups is 1. The average Bonchev–Trinajstić information content (AvgIpc) is 2.66. The van der Waals surface area contributed by atoms with Gasteiger partial charge < -0.3 is 15.0 Å². The van der Waals surface area contributed by atoms with E-state index in [1.807, 2.05) is 4.90 Å². The highest BCUT2D eigenvalue weighted by molar-refractivity contribution is 5.78. The summed E-state index contributed by atoms with van der Waals surface area (Å²) in [5.41, 5.74) is 0.0831. The van der Waals surface area contributed by atoms with Gasteiger partial charge in [0.25, 0.3) is 0 Å². The largest absolute Gasteiger partial charge is 0.381 e. The van der Waals surface area contributed by atoms with Gasteiger partial charge in [-0.2, -0.15) is 0 Å². The molecule has 0 spiro atoms. The Kier molecular flexibility index (Phi) is 5.01. The van der Waals surface area contributed by atoms with E-state index in [1.54, 1.807) is 0 Å². The molecule has 0 aromatic heterocycles. The Morgan fingerprint density at radius 3 is 2.39 bits per heavy atom. The number of amides is 1. The molecule has 0 aliphatic carbocycles. The van der Waals surface area contributed by atoms with E-state index in [4.69, 9.17) is 4.74 Å². The second kappa shape index (κ2) is 6.53. The minimum Gasteiger partial charge on any atom is -0.381 e. The Hall–Kier alpha value is -0.610. The summed E-state index contributed by atoms with van der Waals surface area (Å²) in [6.45, 7) is 6.19. The summed E-state index contributed by atoms with van der Waals surface area (Å²) in [5.74, 6) is 0.268. The molecule has 0 unspecified atom stereocenters. The van der Waals surface area contributed by atoms with Crippen LogP contribution in [-0.4, -0.2) is 49.2 Å². The van der Waals surface area contributed by atoms with Gasteiger partial charge in [0, 0.05) is 31.8 Å². The monoisotopic (exact) mass is 254 g/mol. The predicted octanol–water partition coefficient (Wildman–Crippen LogP) is 1.55. The van der Waals surface area contributed by atoms with E-state index in [-0.39, 0.29) is 11.4 Å². The summed E-state index contributed by atoms with van der Waals surface area (Å²) >= 11 is 0. The van der Waals surface area contributed by atoms with Gasteiger partial charge in [-0.15, -0.1) is 0 Å². The minimum atomic E-state index is 0.0831. The van der Waals surface area contributed by atoms with Crippen molar-refractivity contribution < 1.29 is 9.53 Å². The van der Waals surface area contributed by atoms with Gasteiger partial charge in [-0.05, 0) is 32.6 Å². The molecule has 2 aliphatic heterocycles. The zero-order valence-electron chi connectivity index (χ0n) is 11.5. The maximum absolute atomic E-state index is 12.2. The standard InChI is InChI=1S/C14H26N2O2/c1-14(6-10-18-11-7-14)15-12-13(17)16-8-4-2-3-5-9-16/h15H,2-12H2,1H3. The lowest BCUT2D eigenvalue weighted by Crippen LogP contribution is -2.51. The molecule has 1 amide bonds. The van der Waals surface area contributed by atoms with Crippen LogP contribution in [0.3, 0.4) is 0 Å². The Balaban J connectivity index is 1.76.